The third kappa shape index (κ3) is 4.64. The number of carbonyl (C=O) groups is 1. The first-order valence-corrected chi connectivity index (χ1v) is 7.64. The first-order valence-electron chi connectivity index (χ1n) is 7.64. The Morgan fingerprint density at radius 1 is 1.10 bits per heavy atom. The second-order valence-electron chi connectivity index (χ2n) is 5.14. The molecule has 1 aromatic rings. The first-order chi connectivity index (χ1) is 9.68. The van der Waals surface area contributed by atoms with E-state index in [4.69, 9.17) is 4.74 Å². The molecule has 1 rings (SSSR count). The van der Waals surface area contributed by atoms with E-state index in [1.54, 1.807) is 0 Å². The van der Waals surface area contributed by atoms with E-state index in [9.17, 15) is 4.79 Å². The van der Waals surface area contributed by atoms with Crippen LogP contribution in [0.4, 0.5) is 0 Å². The number of hydrogen-bond acceptors (Lipinski definition) is 3. The minimum absolute atomic E-state index is 0.111. The van der Waals surface area contributed by atoms with Crippen LogP contribution in [0.25, 0.3) is 0 Å². The molecule has 0 aliphatic heterocycles. The minimum atomic E-state index is -0.546. The summed E-state index contributed by atoms with van der Waals surface area (Å²) >= 11 is 0. The molecule has 0 atom stereocenters. The Labute approximate surface area is 122 Å². The highest BCUT2D eigenvalue weighted by Gasteiger charge is 2.37. The van der Waals surface area contributed by atoms with Crippen LogP contribution in [0.3, 0.4) is 0 Å². The van der Waals surface area contributed by atoms with Gasteiger partial charge in [-0.05, 0) is 25.3 Å². The van der Waals surface area contributed by atoms with E-state index in [1.807, 2.05) is 25.1 Å². The highest BCUT2D eigenvalue weighted by atomic mass is 16.5. The normalized spacial score (nSPS) is 11.3. The van der Waals surface area contributed by atoms with E-state index in [1.165, 1.54) is 5.56 Å². The van der Waals surface area contributed by atoms with Crippen molar-refractivity contribution in [3.05, 3.63) is 35.9 Å². The lowest BCUT2D eigenvalue weighted by molar-refractivity contribution is -0.152. The number of nitrogens with one attached hydrogen (secondary N) is 1. The van der Waals surface area contributed by atoms with Crippen LogP contribution in [0, 0.1) is 0 Å². The second kappa shape index (κ2) is 8.75. The third-order valence-corrected chi connectivity index (χ3v) is 3.49. The standard InChI is InChI=1S/C17H27NO2/c1-4-12-17(13-5-2,16(19)20-6-3)18-14-15-10-8-7-9-11-15/h7-11,18H,4-6,12-14H2,1-3H3. The van der Waals surface area contributed by atoms with Crippen molar-refractivity contribution in [1.82, 2.24) is 5.32 Å². The zero-order chi connectivity index (χ0) is 14.8. The average Bonchev–Trinajstić information content (AvgIpc) is 2.46. The maximum Gasteiger partial charge on any atom is 0.326 e. The van der Waals surface area contributed by atoms with Gasteiger partial charge in [0.1, 0.15) is 5.54 Å². The van der Waals surface area contributed by atoms with Gasteiger partial charge in [-0.25, -0.2) is 0 Å². The number of carbonyl (C=O) groups excluding carboxylic acids is 1. The average molecular weight is 277 g/mol. The first kappa shape index (κ1) is 16.7. The Morgan fingerprint density at radius 3 is 2.20 bits per heavy atom. The summed E-state index contributed by atoms with van der Waals surface area (Å²) in [7, 11) is 0. The molecule has 0 heterocycles. The summed E-state index contributed by atoms with van der Waals surface area (Å²) < 4.78 is 5.30. The lowest BCUT2D eigenvalue weighted by atomic mass is 9.88. The highest BCUT2D eigenvalue weighted by Crippen LogP contribution is 2.22. The van der Waals surface area contributed by atoms with E-state index >= 15 is 0 Å². The third-order valence-electron chi connectivity index (χ3n) is 3.49. The largest absolute Gasteiger partial charge is 0.465 e. The number of ether oxygens (including phenoxy) is 1. The van der Waals surface area contributed by atoms with Crippen molar-refractivity contribution < 1.29 is 9.53 Å². The Kier molecular flexibility index (Phi) is 7.31. The van der Waals surface area contributed by atoms with Crippen molar-refractivity contribution >= 4 is 5.97 Å². The number of rotatable bonds is 9. The zero-order valence-electron chi connectivity index (χ0n) is 12.9. The summed E-state index contributed by atoms with van der Waals surface area (Å²) in [6, 6.07) is 10.2. The predicted molar refractivity (Wildman–Crippen MR) is 82.5 cm³/mol. The van der Waals surface area contributed by atoms with E-state index in [0.717, 1.165) is 25.7 Å². The molecule has 0 aromatic heterocycles. The van der Waals surface area contributed by atoms with Crippen molar-refractivity contribution in [2.45, 2.75) is 58.5 Å². The molecule has 0 spiro atoms. The molecular weight excluding hydrogens is 250 g/mol. The molecule has 0 fully saturated rings. The van der Waals surface area contributed by atoms with Crippen LogP contribution in [-0.4, -0.2) is 18.1 Å². The topological polar surface area (TPSA) is 38.3 Å². The molecule has 0 radical (unpaired) electrons. The molecule has 0 saturated heterocycles. The number of hydrogen-bond donors (Lipinski definition) is 1. The van der Waals surface area contributed by atoms with Crippen molar-refractivity contribution in [2.75, 3.05) is 6.61 Å². The van der Waals surface area contributed by atoms with Crippen LogP contribution in [0.2, 0.25) is 0 Å². The lowest BCUT2D eigenvalue weighted by Gasteiger charge is -2.32. The van der Waals surface area contributed by atoms with Crippen LogP contribution in [0.1, 0.15) is 52.0 Å². The quantitative estimate of drug-likeness (QED) is 0.700. The van der Waals surface area contributed by atoms with Crippen LogP contribution in [0.5, 0.6) is 0 Å². The van der Waals surface area contributed by atoms with E-state index in [-0.39, 0.29) is 5.97 Å². The van der Waals surface area contributed by atoms with Gasteiger partial charge in [0.05, 0.1) is 6.61 Å². The van der Waals surface area contributed by atoms with Gasteiger partial charge in [0.25, 0.3) is 0 Å². The fraction of sp³-hybridized carbons (Fsp3) is 0.588. The SMILES string of the molecule is CCCC(CCC)(NCc1ccccc1)C(=O)OCC. The molecule has 1 aromatic carbocycles. The maximum atomic E-state index is 12.4. The molecule has 0 amide bonds. The van der Waals surface area contributed by atoms with Crippen molar-refractivity contribution in [3.8, 4) is 0 Å². The summed E-state index contributed by atoms with van der Waals surface area (Å²) in [5, 5.41) is 3.46. The predicted octanol–water partition coefficient (Wildman–Crippen LogP) is 3.68. The van der Waals surface area contributed by atoms with Crippen LogP contribution < -0.4 is 5.32 Å². The monoisotopic (exact) mass is 277 g/mol. The van der Waals surface area contributed by atoms with Gasteiger partial charge in [-0.2, -0.15) is 0 Å². The number of esters is 1. The lowest BCUT2D eigenvalue weighted by Crippen LogP contribution is -2.52. The molecule has 3 nitrogen and oxygen atoms in total. The van der Waals surface area contributed by atoms with Gasteiger partial charge in [-0.3, -0.25) is 10.1 Å². The zero-order valence-corrected chi connectivity index (χ0v) is 12.9. The molecule has 0 bridgehead atoms. The molecular formula is C17H27NO2. The van der Waals surface area contributed by atoms with Gasteiger partial charge in [-0.15, -0.1) is 0 Å². The molecule has 0 aliphatic carbocycles. The second-order valence-corrected chi connectivity index (χ2v) is 5.14. The van der Waals surface area contributed by atoms with Gasteiger partial charge in [0.2, 0.25) is 0 Å². The Morgan fingerprint density at radius 2 is 1.70 bits per heavy atom. The Balaban J connectivity index is 2.81. The summed E-state index contributed by atoms with van der Waals surface area (Å²) in [5.41, 5.74) is 0.642. The van der Waals surface area contributed by atoms with Crippen molar-refractivity contribution in [2.24, 2.45) is 0 Å². The van der Waals surface area contributed by atoms with Crippen LogP contribution >= 0.6 is 0 Å². The molecule has 112 valence electrons. The summed E-state index contributed by atoms with van der Waals surface area (Å²) in [6.45, 7) is 7.19. The molecule has 3 heteroatoms. The van der Waals surface area contributed by atoms with Crippen LogP contribution in [0.15, 0.2) is 30.3 Å². The van der Waals surface area contributed by atoms with E-state index < -0.39 is 5.54 Å². The molecule has 0 unspecified atom stereocenters. The summed E-state index contributed by atoms with van der Waals surface area (Å²) in [6.07, 6.45) is 3.54. The van der Waals surface area contributed by atoms with Crippen LogP contribution in [-0.2, 0) is 16.1 Å². The Hall–Kier alpha value is -1.35. The molecule has 0 saturated carbocycles. The van der Waals surface area contributed by atoms with Gasteiger partial charge in [0.15, 0.2) is 0 Å². The van der Waals surface area contributed by atoms with Crippen molar-refractivity contribution in [1.29, 1.82) is 0 Å². The maximum absolute atomic E-state index is 12.4. The summed E-state index contributed by atoms with van der Waals surface area (Å²) in [5.74, 6) is -0.111. The molecule has 20 heavy (non-hydrogen) atoms. The minimum Gasteiger partial charge on any atom is -0.465 e. The van der Waals surface area contributed by atoms with Gasteiger partial charge < -0.3 is 4.74 Å². The van der Waals surface area contributed by atoms with E-state index in [0.29, 0.717) is 13.2 Å². The van der Waals surface area contributed by atoms with Crippen molar-refractivity contribution in [3.63, 3.8) is 0 Å². The highest BCUT2D eigenvalue weighted by molar-refractivity contribution is 5.80. The van der Waals surface area contributed by atoms with E-state index in [2.05, 4.69) is 31.3 Å². The fourth-order valence-electron chi connectivity index (χ4n) is 2.57. The Bertz CT molecular complexity index is 383. The van der Waals surface area contributed by atoms with Gasteiger partial charge >= 0.3 is 5.97 Å². The van der Waals surface area contributed by atoms with Gasteiger partial charge in [0, 0.05) is 6.54 Å². The number of benzene rings is 1. The summed E-state index contributed by atoms with van der Waals surface area (Å²) in [4.78, 5) is 12.4. The fourth-order valence-corrected chi connectivity index (χ4v) is 2.57. The molecule has 0 aliphatic rings. The molecule has 1 N–H and O–H groups in total. The smallest absolute Gasteiger partial charge is 0.326 e. The van der Waals surface area contributed by atoms with Gasteiger partial charge in [-0.1, -0.05) is 57.0 Å².